The van der Waals surface area contributed by atoms with Gasteiger partial charge in [-0.2, -0.15) is 0 Å². The maximum atomic E-state index is 11.0. The molecule has 1 rings (SSSR count). The van der Waals surface area contributed by atoms with Crippen molar-refractivity contribution >= 4 is 5.91 Å². The van der Waals surface area contributed by atoms with Crippen LogP contribution >= 0.6 is 0 Å². The maximum absolute atomic E-state index is 11.0. The van der Waals surface area contributed by atoms with E-state index in [1.165, 1.54) is 6.08 Å². The summed E-state index contributed by atoms with van der Waals surface area (Å²) in [6, 6.07) is 9.84. The second kappa shape index (κ2) is 4.45. The summed E-state index contributed by atoms with van der Waals surface area (Å²) >= 11 is 0. The molecule has 0 bridgehead atoms. The van der Waals surface area contributed by atoms with Crippen molar-refractivity contribution in [2.45, 2.75) is 13.0 Å². The van der Waals surface area contributed by atoms with E-state index in [-0.39, 0.29) is 11.9 Å². The highest BCUT2D eigenvalue weighted by atomic mass is 16.1. The number of benzene rings is 1. The predicted octanol–water partition coefficient (Wildman–Crippen LogP) is 2.05. The quantitative estimate of drug-likeness (QED) is 0.700. The lowest BCUT2D eigenvalue weighted by molar-refractivity contribution is -0.117. The summed E-state index contributed by atoms with van der Waals surface area (Å²) in [5, 5.41) is 2.79. The van der Waals surface area contributed by atoms with Crippen LogP contribution in [-0.4, -0.2) is 5.91 Å². The molecule has 0 heterocycles. The van der Waals surface area contributed by atoms with Crippen LogP contribution in [0.15, 0.2) is 43.0 Å². The first-order valence-electron chi connectivity index (χ1n) is 4.22. The van der Waals surface area contributed by atoms with Gasteiger partial charge in [0.2, 0.25) is 5.91 Å². The van der Waals surface area contributed by atoms with E-state index < -0.39 is 0 Å². The molecule has 68 valence electrons. The van der Waals surface area contributed by atoms with Gasteiger partial charge in [-0.3, -0.25) is 4.79 Å². The van der Waals surface area contributed by atoms with Crippen molar-refractivity contribution in [2.24, 2.45) is 0 Å². The molecular weight excluding hydrogens is 162 g/mol. The zero-order valence-electron chi connectivity index (χ0n) is 7.66. The van der Waals surface area contributed by atoms with Crippen LogP contribution in [0, 0.1) is 0 Å². The summed E-state index contributed by atoms with van der Waals surface area (Å²) in [5.74, 6) is -0.142. The van der Waals surface area contributed by atoms with Crippen LogP contribution in [-0.2, 0) is 4.79 Å². The first-order chi connectivity index (χ1) is 6.24. The molecule has 1 N–H and O–H groups in total. The van der Waals surface area contributed by atoms with E-state index in [0.717, 1.165) is 5.56 Å². The first kappa shape index (κ1) is 9.52. The van der Waals surface area contributed by atoms with Crippen molar-refractivity contribution < 1.29 is 4.79 Å². The minimum atomic E-state index is -0.142. The van der Waals surface area contributed by atoms with Gasteiger partial charge in [-0.15, -0.1) is 0 Å². The largest absolute Gasteiger partial charge is 0.346 e. The molecule has 1 aromatic rings. The van der Waals surface area contributed by atoms with Gasteiger partial charge in [0.25, 0.3) is 0 Å². The van der Waals surface area contributed by atoms with Gasteiger partial charge in [-0.25, -0.2) is 0 Å². The highest BCUT2D eigenvalue weighted by molar-refractivity contribution is 5.87. The Hall–Kier alpha value is -1.57. The number of amides is 1. The van der Waals surface area contributed by atoms with E-state index in [2.05, 4.69) is 11.9 Å². The molecule has 0 aliphatic carbocycles. The number of hydrogen-bond donors (Lipinski definition) is 1. The van der Waals surface area contributed by atoms with Gasteiger partial charge < -0.3 is 5.32 Å². The molecule has 0 spiro atoms. The van der Waals surface area contributed by atoms with Crippen LogP contribution in [0.1, 0.15) is 18.5 Å². The molecule has 2 nitrogen and oxygen atoms in total. The second-order valence-electron chi connectivity index (χ2n) is 2.85. The fourth-order valence-electron chi connectivity index (χ4n) is 1.10. The minimum absolute atomic E-state index is 0.0340. The monoisotopic (exact) mass is 175 g/mol. The van der Waals surface area contributed by atoms with Gasteiger partial charge in [0, 0.05) is 0 Å². The zero-order valence-corrected chi connectivity index (χ0v) is 7.66. The van der Waals surface area contributed by atoms with E-state index in [1.54, 1.807) is 0 Å². The van der Waals surface area contributed by atoms with Gasteiger partial charge in [-0.05, 0) is 18.6 Å². The molecule has 0 fully saturated rings. The van der Waals surface area contributed by atoms with Crippen LogP contribution in [0.4, 0.5) is 0 Å². The third-order valence-corrected chi connectivity index (χ3v) is 1.84. The molecule has 0 radical (unpaired) electrons. The third kappa shape index (κ3) is 2.75. The van der Waals surface area contributed by atoms with Crippen LogP contribution in [0.3, 0.4) is 0 Å². The number of carbonyl (C=O) groups excluding carboxylic acids is 1. The summed E-state index contributed by atoms with van der Waals surface area (Å²) < 4.78 is 0. The Labute approximate surface area is 78.3 Å². The maximum Gasteiger partial charge on any atom is 0.243 e. The van der Waals surface area contributed by atoms with Crippen LogP contribution < -0.4 is 5.32 Å². The van der Waals surface area contributed by atoms with E-state index in [9.17, 15) is 4.79 Å². The van der Waals surface area contributed by atoms with Crippen LogP contribution in [0.5, 0.6) is 0 Å². The molecule has 0 saturated carbocycles. The predicted molar refractivity (Wildman–Crippen MR) is 53.2 cm³/mol. The van der Waals surface area contributed by atoms with Gasteiger partial charge in [0.05, 0.1) is 6.04 Å². The highest BCUT2D eigenvalue weighted by Gasteiger charge is 2.05. The van der Waals surface area contributed by atoms with Crippen molar-refractivity contribution in [3.63, 3.8) is 0 Å². The van der Waals surface area contributed by atoms with Crippen molar-refractivity contribution in [3.8, 4) is 0 Å². The van der Waals surface area contributed by atoms with Gasteiger partial charge in [-0.1, -0.05) is 36.9 Å². The summed E-state index contributed by atoms with van der Waals surface area (Å²) in [6.45, 7) is 5.34. The molecule has 1 aromatic carbocycles. The van der Waals surface area contributed by atoms with E-state index in [4.69, 9.17) is 0 Å². The Balaban J connectivity index is 2.63. The summed E-state index contributed by atoms with van der Waals surface area (Å²) in [5.41, 5.74) is 1.10. The minimum Gasteiger partial charge on any atom is -0.346 e. The van der Waals surface area contributed by atoms with Gasteiger partial charge in [0.1, 0.15) is 0 Å². The summed E-state index contributed by atoms with van der Waals surface area (Å²) in [4.78, 5) is 11.0. The van der Waals surface area contributed by atoms with Crippen molar-refractivity contribution in [1.82, 2.24) is 5.32 Å². The standard InChI is InChI=1S/C11H13NO/c1-3-11(13)12-9(2)10-7-5-4-6-8-10/h3-9H,1H2,2H3,(H,12,13)/t9-/m0/s1. The second-order valence-corrected chi connectivity index (χ2v) is 2.85. The van der Waals surface area contributed by atoms with Crippen molar-refractivity contribution in [1.29, 1.82) is 0 Å². The van der Waals surface area contributed by atoms with Gasteiger partial charge in [0.15, 0.2) is 0 Å². The number of carbonyl (C=O) groups is 1. The lowest BCUT2D eigenvalue weighted by Gasteiger charge is -2.12. The molecule has 0 unspecified atom stereocenters. The third-order valence-electron chi connectivity index (χ3n) is 1.84. The molecule has 1 atom stereocenters. The molecule has 13 heavy (non-hydrogen) atoms. The van der Waals surface area contributed by atoms with Crippen LogP contribution in [0.25, 0.3) is 0 Å². The smallest absolute Gasteiger partial charge is 0.243 e. The first-order valence-corrected chi connectivity index (χ1v) is 4.22. The number of rotatable bonds is 3. The molecule has 1 amide bonds. The van der Waals surface area contributed by atoms with Crippen molar-refractivity contribution in [3.05, 3.63) is 48.6 Å². The topological polar surface area (TPSA) is 29.1 Å². The lowest BCUT2D eigenvalue weighted by Crippen LogP contribution is -2.24. The van der Waals surface area contributed by atoms with Crippen LogP contribution in [0.2, 0.25) is 0 Å². The number of hydrogen-bond acceptors (Lipinski definition) is 1. The summed E-state index contributed by atoms with van der Waals surface area (Å²) in [6.07, 6.45) is 1.28. The molecule has 0 aliphatic heterocycles. The Morgan fingerprint density at radius 3 is 2.62 bits per heavy atom. The Morgan fingerprint density at radius 1 is 1.46 bits per heavy atom. The average Bonchev–Trinajstić information content (AvgIpc) is 2.19. The Morgan fingerprint density at radius 2 is 2.08 bits per heavy atom. The van der Waals surface area contributed by atoms with E-state index in [0.29, 0.717) is 0 Å². The van der Waals surface area contributed by atoms with E-state index in [1.807, 2.05) is 37.3 Å². The fourth-order valence-corrected chi connectivity index (χ4v) is 1.10. The zero-order chi connectivity index (χ0) is 9.68. The highest BCUT2D eigenvalue weighted by Crippen LogP contribution is 2.10. The summed E-state index contributed by atoms with van der Waals surface area (Å²) in [7, 11) is 0. The molecule has 0 aliphatic rings. The fraction of sp³-hybridized carbons (Fsp3) is 0.182. The Kier molecular flexibility index (Phi) is 3.26. The molecule has 0 saturated heterocycles. The van der Waals surface area contributed by atoms with Crippen molar-refractivity contribution in [2.75, 3.05) is 0 Å². The average molecular weight is 175 g/mol. The number of nitrogens with one attached hydrogen (secondary N) is 1. The Bertz CT molecular complexity index is 292. The SMILES string of the molecule is C=CC(=O)N[C@@H](C)c1ccccc1. The molecule has 2 heteroatoms. The molecular formula is C11H13NO. The molecule has 0 aromatic heterocycles. The van der Waals surface area contributed by atoms with Gasteiger partial charge >= 0.3 is 0 Å². The lowest BCUT2D eigenvalue weighted by atomic mass is 10.1. The normalized spacial score (nSPS) is 11.8. The van der Waals surface area contributed by atoms with E-state index >= 15 is 0 Å².